The molecule has 0 aliphatic rings. The Morgan fingerprint density at radius 3 is 2.59 bits per heavy atom. The number of nitrogens with zero attached hydrogens (tertiary/aromatic N) is 2. The summed E-state index contributed by atoms with van der Waals surface area (Å²) in [5, 5.41) is 10.7. The van der Waals surface area contributed by atoms with E-state index in [0.29, 0.717) is 33.2 Å². The van der Waals surface area contributed by atoms with E-state index in [4.69, 9.17) is 16.3 Å². The number of fused-ring (bicyclic) bond motifs is 1. The summed E-state index contributed by atoms with van der Waals surface area (Å²) >= 11 is 6.37. The fourth-order valence-corrected chi connectivity index (χ4v) is 3.32. The number of phenolic OH excluding ortho intramolecular Hbond substituents is 1. The van der Waals surface area contributed by atoms with Crippen molar-refractivity contribution in [3.8, 4) is 17.2 Å². The smallest absolute Gasteiger partial charge is 0.266 e. The van der Waals surface area contributed by atoms with Gasteiger partial charge in [-0.25, -0.2) is 4.98 Å². The third kappa shape index (κ3) is 3.60. The fourth-order valence-electron chi connectivity index (χ4n) is 3.10. The molecular weight excluding hydrogens is 388 g/mol. The standard InChI is InChI=1S/C23H17ClN2O3/c1-29-21-14-15(10-12-20(21)27)11-13-22-25-18-8-4-2-6-16(18)23(28)26(22)19-9-5-3-7-17(19)24/h2-14,27H,1H3/b13-11+. The summed E-state index contributed by atoms with van der Waals surface area (Å²) in [7, 11) is 1.49. The van der Waals surface area contributed by atoms with E-state index >= 15 is 0 Å². The molecule has 0 radical (unpaired) electrons. The topological polar surface area (TPSA) is 64.3 Å². The third-order valence-corrected chi connectivity index (χ3v) is 4.84. The molecule has 0 unspecified atom stereocenters. The number of halogens is 1. The molecule has 4 rings (SSSR count). The molecule has 3 aromatic carbocycles. The quantitative estimate of drug-likeness (QED) is 0.524. The molecule has 1 N–H and O–H groups in total. The zero-order chi connectivity index (χ0) is 20.4. The Kier molecular flexibility index (Phi) is 5.06. The van der Waals surface area contributed by atoms with Crippen LogP contribution in [0.3, 0.4) is 0 Å². The fraction of sp³-hybridized carbons (Fsp3) is 0.0435. The first kappa shape index (κ1) is 18.8. The van der Waals surface area contributed by atoms with Crippen molar-refractivity contribution in [1.82, 2.24) is 9.55 Å². The Morgan fingerprint density at radius 2 is 1.79 bits per heavy atom. The van der Waals surface area contributed by atoms with Gasteiger partial charge in [-0.05, 0) is 48.0 Å². The molecule has 0 saturated heterocycles. The summed E-state index contributed by atoms with van der Waals surface area (Å²) in [5.41, 5.74) is 1.74. The lowest BCUT2D eigenvalue weighted by Crippen LogP contribution is -2.22. The highest BCUT2D eigenvalue weighted by atomic mass is 35.5. The van der Waals surface area contributed by atoms with Crippen molar-refractivity contribution in [2.24, 2.45) is 0 Å². The van der Waals surface area contributed by atoms with E-state index in [1.165, 1.54) is 11.7 Å². The lowest BCUT2D eigenvalue weighted by Gasteiger charge is -2.12. The highest BCUT2D eigenvalue weighted by Gasteiger charge is 2.13. The Labute approximate surface area is 172 Å². The number of hydrogen-bond donors (Lipinski definition) is 1. The zero-order valence-corrected chi connectivity index (χ0v) is 16.3. The molecule has 0 fully saturated rings. The largest absolute Gasteiger partial charge is 0.504 e. The molecule has 144 valence electrons. The minimum atomic E-state index is -0.202. The average Bonchev–Trinajstić information content (AvgIpc) is 2.74. The van der Waals surface area contributed by atoms with Gasteiger partial charge in [0, 0.05) is 0 Å². The Morgan fingerprint density at radius 1 is 1.03 bits per heavy atom. The van der Waals surface area contributed by atoms with Crippen molar-refractivity contribution in [3.63, 3.8) is 0 Å². The number of aromatic hydroxyl groups is 1. The summed E-state index contributed by atoms with van der Waals surface area (Å²) in [6.45, 7) is 0. The zero-order valence-electron chi connectivity index (χ0n) is 15.5. The number of para-hydroxylation sites is 2. The summed E-state index contributed by atoms with van der Waals surface area (Å²) in [6, 6.07) is 19.3. The number of ether oxygens (including phenoxy) is 1. The molecule has 4 aromatic rings. The van der Waals surface area contributed by atoms with Crippen molar-refractivity contribution in [2.75, 3.05) is 7.11 Å². The maximum Gasteiger partial charge on any atom is 0.266 e. The number of benzene rings is 3. The summed E-state index contributed by atoms with van der Waals surface area (Å²) in [5.74, 6) is 0.859. The van der Waals surface area contributed by atoms with Crippen molar-refractivity contribution in [3.05, 3.63) is 93.5 Å². The SMILES string of the molecule is COc1cc(/C=C/c2nc3ccccc3c(=O)n2-c2ccccc2Cl)ccc1O. The number of hydrogen-bond acceptors (Lipinski definition) is 4. The van der Waals surface area contributed by atoms with Gasteiger partial charge in [-0.15, -0.1) is 0 Å². The van der Waals surface area contributed by atoms with Crippen molar-refractivity contribution < 1.29 is 9.84 Å². The van der Waals surface area contributed by atoms with Crippen LogP contribution in [0.1, 0.15) is 11.4 Å². The van der Waals surface area contributed by atoms with Crippen LogP contribution in [0.5, 0.6) is 11.5 Å². The van der Waals surface area contributed by atoms with Gasteiger partial charge in [0.2, 0.25) is 0 Å². The van der Waals surface area contributed by atoms with Gasteiger partial charge < -0.3 is 9.84 Å². The van der Waals surface area contributed by atoms with Gasteiger partial charge in [-0.1, -0.05) is 48.0 Å². The van der Waals surface area contributed by atoms with Crippen molar-refractivity contribution in [2.45, 2.75) is 0 Å². The van der Waals surface area contributed by atoms with Crippen molar-refractivity contribution in [1.29, 1.82) is 0 Å². The first-order valence-electron chi connectivity index (χ1n) is 8.90. The Balaban J connectivity index is 1.92. The van der Waals surface area contributed by atoms with Crippen LogP contribution >= 0.6 is 11.6 Å². The molecule has 0 amide bonds. The summed E-state index contributed by atoms with van der Waals surface area (Å²) in [4.78, 5) is 17.9. The van der Waals surface area contributed by atoms with Crippen molar-refractivity contribution >= 4 is 34.7 Å². The Bertz CT molecular complexity index is 1300. The molecule has 0 saturated carbocycles. The molecular formula is C23H17ClN2O3. The second-order valence-corrected chi connectivity index (χ2v) is 6.75. The molecule has 1 heterocycles. The van der Waals surface area contributed by atoms with Crippen LogP contribution < -0.4 is 10.3 Å². The Hall–Kier alpha value is -3.57. The lowest BCUT2D eigenvalue weighted by atomic mass is 10.1. The van der Waals surface area contributed by atoms with E-state index in [0.717, 1.165) is 5.56 Å². The van der Waals surface area contributed by atoms with Gasteiger partial charge in [0.25, 0.3) is 5.56 Å². The average molecular weight is 405 g/mol. The first-order valence-corrected chi connectivity index (χ1v) is 9.28. The lowest BCUT2D eigenvalue weighted by molar-refractivity contribution is 0.373. The number of rotatable bonds is 4. The number of aromatic nitrogens is 2. The van der Waals surface area contributed by atoms with Crippen LogP contribution in [-0.2, 0) is 0 Å². The molecule has 6 heteroatoms. The second-order valence-electron chi connectivity index (χ2n) is 6.34. The number of methoxy groups -OCH3 is 1. The van der Waals surface area contributed by atoms with Crippen LogP contribution in [0.4, 0.5) is 0 Å². The van der Waals surface area contributed by atoms with E-state index in [-0.39, 0.29) is 11.3 Å². The summed E-state index contributed by atoms with van der Waals surface area (Å²) in [6.07, 6.45) is 3.54. The van der Waals surface area contributed by atoms with Crippen LogP contribution in [0.25, 0.3) is 28.7 Å². The molecule has 1 aromatic heterocycles. The molecule has 29 heavy (non-hydrogen) atoms. The molecule has 5 nitrogen and oxygen atoms in total. The van der Waals surface area contributed by atoms with E-state index in [9.17, 15) is 9.90 Å². The molecule has 0 aliphatic carbocycles. The predicted octanol–water partition coefficient (Wildman–Crippen LogP) is 4.92. The second kappa shape index (κ2) is 7.81. The van der Waals surface area contributed by atoms with Gasteiger partial charge in [0.15, 0.2) is 11.5 Å². The summed E-state index contributed by atoms with van der Waals surface area (Å²) < 4.78 is 6.65. The van der Waals surface area contributed by atoms with E-state index < -0.39 is 0 Å². The van der Waals surface area contributed by atoms with E-state index in [1.54, 1.807) is 60.7 Å². The predicted molar refractivity (Wildman–Crippen MR) is 116 cm³/mol. The molecule has 0 spiro atoms. The highest BCUT2D eigenvalue weighted by molar-refractivity contribution is 6.32. The maximum absolute atomic E-state index is 13.2. The number of phenols is 1. The normalized spacial score (nSPS) is 11.2. The first-order chi connectivity index (χ1) is 14.1. The minimum absolute atomic E-state index is 0.0569. The molecule has 0 aliphatic heterocycles. The van der Waals surface area contributed by atoms with Crippen LogP contribution in [-0.4, -0.2) is 21.8 Å². The minimum Gasteiger partial charge on any atom is -0.504 e. The van der Waals surface area contributed by atoms with Crippen LogP contribution in [0.2, 0.25) is 5.02 Å². The van der Waals surface area contributed by atoms with Gasteiger partial charge in [0.05, 0.1) is 28.7 Å². The van der Waals surface area contributed by atoms with Gasteiger partial charge in [-0.2, -0.15) is 0 Å². The van der Waals surface area contributed by atoms with E-state index in [1.807, 2.05) is 18.2 Å². The highest BCUT2D eigenvalue weighted by Crippen LogP contribution is 2.27. The molecule has 0 bridgehead atoms. The maximum atomic E-state index is 13.2. The van der Waals surface area contributed by atoms with Gasteiger partial charge >= 0.3 is 0 Å². The van der Waals surface area contributed by atoms with Crippen LogP contribution in [0.15, 0.2) is 71.5 Å². The van der Waals surface area contributed by atoms with Crippen LogP contribution in [0, 0.1) is 0 Å². The third-order valence-electron chi connectivity index (χ3n) is 4.52. The van der Waals surface area contributed by atoms with Gasteiger partial charge in [-0.3, -0.25) is 9.36 Å². The molecule has 0 atom stereocenters. The van der Waals surface area contributed by atoms with Gasteiger partial charge in [0.1, 0.15) is 5.82 Å². The van der Waals surface area contributed by atoms with E-state index in [2.05, 4.69) is 4.98 Å². The monoisotopic (exact) mass is 404 g/mol.